The lowest BCUT2D eigenvalue weighted by Crippen LogP contribution is -2.60. The van der Waals surface area contributed by atoms with Crippen molar-refractivity contribution in [2.24, 2.45) is 5.41 Å². The maximum Gasteiger partial charge on any atom is 0.410 e. The summed E-state index contributed by atoms with van der Waals surface area (Å²) in [6.07, 6.45) is 6.39. The van der Waals surface area contributed by atoms with Crippen molar-refractivity contribution < 1.29 is 19.0 Å². The molecule has 130 valence electrons. The van der Waals surface area contributed by atoms with E-state index < -0.39 is 11.4 Å². The van der Waals surface area contributed by atoms with Gasteiger partial charge in [0.15, 0.2) is 5.79 Å². The minimum Gasteiger partial charge on any atom is -0.444 e. The molecule has 0 aromatic carbocycles. The number of fused-ring (bicyclic) bond motifs is 1. The quantitative estimate of drug-likeness (QED) is 0.693. The third kappa shape index (κ3) is 3.13. The van der Waals surface area contributed by atoms with E-state index in [0.717, 1.165) is 32.2 Å². The molecule has 2 atom stereocenters. The molecular weight excluding hydrogens is 294 g/mol. The Bertz CT molecular complexity index is 478. The van der Waals surface area contributed by atoms with Gasteiger partial charge in [0.05, 0.1) is 13.2 Å². The summed E-state index contributed by atoms with van der Waals surface area (Å²) in [7, 11) is 0. The zero-order chi connectivity index (χ0) is 16.7. The Morgan fingerprint density at radius 3 is 2.57 bits per heavy atom. The fourth-order valence-corrected chi connectivity index (χ4v) is 4.27. The van der Waals surface area contributed by atoms with Gasteiger partial charge in [-0.3, -0.25) is 0 Å². The molecule has 1 aliphatic carbocycles. The van der Waals surface area contributed by atoms with Crippen LogP contribution in [-0.2, 0) is 14.2 Å². The first-order chi connectivity index (χ1) is 10.8. The predicted molar refractivity (Wildman–Crippen MR) is 87.1 cm³/mol. The van der Waals surface area contributed by atoms with E-state index in [1.54, 1.807) is 0 Å². The molecular formula is C18H29NO4. The van der Waals surface area contributed by atoms with Crippen LogP contribution >= 0.6 is 0 Å². The molecule has 2 saturated heterocycles. The molecule has 3 aliphatic rings. The molecule has 0 aromatic heterocycles. The highest BCUT2D eigenvalue weighted by Crippen LogP contribution is 2.52. The number of hydrogen-bond acceptors (Lipinski definition) is 4. The number of amides is 1. The molecule has 1 saturated carbocycles. The first kappa shape index (κ1) is 16.8. The highest BCUT2D eigenvalue weighted by Gasteiger charge is 2.55. The van der Waals surface area contributed by atoms with Crippen LogP contribution in [0.3, 0.4) is 0 Å². The van der Waals surface area contributed by atoms with Gasteiger partial charge in [-0.05, 0) is 40.0 Å². The van der Waals surface area contributed by atoms with Crippen molar-refractivity contribution in [1.82, 2.24) is 4.90 Å². The van der Waals surface area contributed by atoms with Crippen LogP contribution < -0.4 is 0 Å². The van der Waals surface area contributed by atoms with E-state index in [9.17, 15) is 4.79 Å². The van der Waals surface area contributed by atoms with Crippen LogP contribution in [0.15, 0.2) is 12.7 Å². The Morgan fingerprint density at radius 1 is 1.26 bits per heavy atom. The molecule has 0 bridgehead atoms. The number of ether oxygens (including phenoxy) is 3. The van der Waals surface area contributed by atoms with Gasteiger partial charge >= 0.3 is 6.09 Å². The van der Waals surface area contributed by atoms with Crippen molar-refractivity contribution in [2.45, 2.75) is 70.3 Å². The molecule has 23 heavy (non-hydrogen) atoms. The van der Waals surface area contributed by atoms with Crippen molar-refractivity contribution in [3.63, 3.8) is 0 Å². The number of carbonyl (C=O) groups excluding carboxylic acids is 1. The van der Waals surface area contributed by atoms with E-state index in [0.29, 0.717) is 19.6 Å². The topological polar surface area (TPSA) is 48.0 Å². The van der Waals surface area contributed by atoms with Gasteiger partial charge in [-0.1, -0.05) is 6.08 Å². The lowest BCUT2D eigenvalue weighted by molar-refractivity contribution is -0.208. The standard InChI is InChI=1S/C18H29NO4/c1-5-17-7-6-10-19(15(20)23-16(2,3)4)14(17)13-18(9-8-17)21-11-12-22-18/h5,14H,1,6-13H2,2-4H3/t14-,17+/m0/s1. The molecule has 5 heteroatoms. The molecule has 0 aromatic rings. The van der Waals surface area contributed by atoms with Gasteiger partial charge in [-0.25, -0.2) is 4.79 Å². The molecule has 2 heterocycles. The summed E-state index contributed by atoms with van der Waals surface area (Å²) in [4.78, 5) is 14.6. The van der Waals surface area contributed by atoms with Gasteiger partial charge in [0.25, 0.3) is 0 Å². The molecule has 3 rings (SSSR count). The summed E-state index contributed by atoms with van der Waals surface area (Å²) in [6.45, 7) is 11.8. The van der Waals surface area contributed by atoms with Crippen molar-refractivity contribution in [2.75, 3.05) is 19.8 Å². The zero-order valence-corrected chi connectivity index (χ0v) is 14.6. The minimum atomic E-state index is -0.519. The Morgan fingerprint density at radius 2 is 1.96 bits per heavy atom. The van der Waals surface area contributed by atoms with Crippen molar-refractivity contribution in [1.29, 1.82) is 0 Å². The molecule has 1 amide bonds. The normalized spacial score (nSPS) is 33.3. The van der Waals surface area contributed by atoms with E-state index in [1.807, 2.05) is 25.7 Å². The van der Waals surface area contributed by atoms with Crippen LogP contribution in [0, 0.1) is 5.41 Å². The highest BCUT2D eigenvalue weighted by atomic mass is 16.7. The molecule has 3 fully saturated rings. The summed E-state index contributed by atoms with van der Waals surface area (Å²) in [5.74, 6) is -0.519. The van der Waals surface area contributed by atoms with Crippen LogP contribution in [0.4, 0.5) is 4.79 Å². The van der Waals surface area contributed by atoms with E-state index in [1.165, 1.54) is 0 Å². The van der Waals surface area contributed by atoms with Gasteiger partial charge in [-0.2, -0.15) is 0 Å². The van der Waals surface area contributed by atoms with Gasteiger partial charge < -0.3 is 19.1 Å². The maximum atomic E-state index is 12.7. The molecule has 2 aliphatic heterocycles. The van der Waals surface area contributed by atoms with Gasteiger partial charge in [0, 0.05) is 30.8 Å². The Labute approximate surface area is 138 Å². The summed E-state index contributed by atoms with van der Waals surface area (Å²) in [5, 5.41) is 0. The average Bonchev–Trinajstić information content (AvgIpc) is 2.93. The number of carbonyl (C=O) groups is 1. The second-order valence-corrected chi connectivity index (χ2v) is 8.04. The SMILES string of the molecule is C=C[C@]12CCCN(C(=O)OC(C)(C)C)[C@H]1CC1(CC2)OCCO1. The largest absolute Gasteiger partial charge is 0.444 e. The number of likely N-dealkylation sites (tertiary alicyclic amines) is 1. The summed E-state index contributed by atoms with van der Waals surface area (Å²) in [6, 6.07) is 0.0375. The molecule has 0 unspecified atom stereocenters. The van der Waals surface area contributed by atoms with Crippen molar-refractivity contribution in [3.05, 3.63) is 12.7 Å². The van der Waals surface area contributed by atoms with Gasteiger partial charge in [0.1, 0.15) is 5.60 Å². The van der Waals surface area contributed by atoms with Crippen LogP contribution in [0.25, 0.3) is 0 Å². The van der Waals surface area contributed by atoms with Crippen LogP contribution in [0.2, 0.25) is 0 Å². The Balaban J connectivity index is 1.84. The summed E-state index contributed by atoms with van der Waals surface area (Å²) < 4.78 is 17.5. The maximum absolute atomic E-state index is 12.7. The third-order valence-electron chi connectivity index (χ3n) is 5.40. The predicted octanol–water partition coefficient (Wildman–Crippen LogP) is 3.49. The number of hydrogen-bond donors (Lipinski definition) is 0. The number of piperidine rings is 1. The highest BCUT2D eigenvalue weighted by molar-refractivity contribution is 5.69. The smallest absolute Gasteiger partial charge is 0.410 e. The monoisotopic (exact) mass is 323 g/mol. The second-order valence-electron chi connectivity index (χ2n) is 8.04. The minimum absolute atomic E-state index is 0.0375. The first-order valence-electron chi connectivity index (χ1n) is 8.70. The van der Waals surface area contributed by atoms with Crippen LogP contribution in [0.5, 0.6) is 0 Å². The van der Waals surface area contributed by atoms with E-state index >= 15 is 0 Å². The fourth-order valence-electron chi connectivity index (χ4n) is 4.27. The number of nitrogens with zero attached hydrogens (tertiary/aromatic N) is 1. The Hall–Kier alpha value is -1.07. The van der Waals surface area contributed by atoms with Gasteiger partial charge in [-0.15, -0.1) is 6.58 Å². The van der Waals surface area contributed by atoms with Crippen molar-refractivity contribution >= 4 is 6.09 Å². The molecule has 5 nitrogen and oxygen atoms in total. The summed E-state index contributed by atoms with van der Waals surface area (Å²) >= 11 is 0. The van der Waals surface area contributed by atoms with Crippen LogP contribution in [0.1, 0.15) is 52.9 Å². The first-order valence-corrected chi connectivity index (χ1v) is 8.70. The lowest BCUT2D eigenvalue weighted by Gasteiger charge is -2.54. The second kappa shape index (κ2) is 5.78. The van der Waals surface area contributed by atoms with E-state index in [2.05, 4.69) is 12.7 Å². The summed E-state index contributed by atoms with van der Waals surface area (Å²) in [5.41, 5.74) is -0.534. The lowest BCUT2D eigenvalue weighted by atomic mass is 9.63. The average molecular weight is 323 g/mol. The fraction of sp³-hybridized carbons (Fsp3) is 0.833. The molecule has 0 N–H and O–H groups in total. The number of rotatable bonds is 1. The van der Waals surface area contributed by atoms with Crippen LogP contribution in [-0.4, -0.2) is 48.2 Å². The molecule has 0 radical (unpaired) electrons. The van der Waals surface area contributed by atoms with Gasteiger partial charge in [0.2, 0.25) is 0 Å². The zero-order valence-electron chi connectivity index (χ0n) is 14.6. The van der Waals surface area contributed by atoms with Crippen molar-refractivity contribution in [3.8, 4) is 0 Å². The van der Waals surface area contributed by atoms with E-state index in [4.69, 9.17) is 14.2 Å². The molecule has 1 spiro atoms. The Kier molecular flexibility index (Phi) is 4.21. The van der Waals surface area contributed by atoms with E-state index in [-0.39, 0.29) is 17.6 Å². The third-order valence-corrected chi connectivity index (χ3v) is 5.40.